The van der Waals surface area contributed by atoms with Crippen molar-refractivity contribution in [2.45, 2.75) is 52.8 Å². The number of amides is 1. The lowest BCUT2D eigenvalue weighted by Crippen LogP contribution is -2.41. The minimum Gasteiger partial charge on any atom is -0.444 e. The summed E-state index contributed by atoms with van der Waals surface area (Å²) < 4.78 is 5.18. The fraction of sp³-hybridized carbons (Fsp3) is 0.600. The van der Waals surface area contributed by atoms with Crippen LogP contribution in [0.5, 0.6) is 0 Å². The third-order valence-corrected chi connectivity index (χ3v) is 2.74. The molecule has 112 valence electrons. The van der Waals surface area contributed by atoms with Crippen LogP contribution in [-0.2, 0) is 11.3 Å². The molecule has 1 rings (SSSR count). The molecular weight excluding hydrogens is 254 g/mol. The van der Waals surface area contributed by atoms with E-state index >= 15 is 0 Å². The molecule has 0 bridgehead atoms. The summed E-state index contributed by atoms with van der Waals surface area (Å²) in [6, 6.07) is 2.14. The topological polar surface area (TPSA) is 63.2 Å². The number of rotatable bonds is 5. The van der Waals surface area contributed by atoms with Crippen molar-refractivity contribution in [3.05, 3.63) is 29.6 Å². The average Bonchev–Trinajstić information content (AvgIpc) is 2.33. The van der Waals surface area contributed by atoms with Crippen LogP contribution >= 0.6 is 0 Å². The third kappa shape index (κ3) is 6.52. The van der Waals surface area contributed by atoms with Gasteiger partial charge in [-0.15, -0.1) is 0 Å². The lowest BCUT2D eigenvalue weighted by Gasteiger charge is -2.21. The number of carbonyl (C=O) groups excluding carboxylic acids is 1. The molecule has 0 aliphatic rings. The van der Waals surface area contributed by atoms with Crippen molar-refractivity contribution in [2.75, 3.05) is 6.54 Å². The predicted molar refractivity (Wildman–Crippen MR) is 79.5 cm³/mol. The largest absolute Gasteiger partial charge is 0.444 e. The number of alkyl carbamates (subject to hydrolysis) is 1. The summed E-state index contributed by atoms with van der Waals surface area (Å²) in [7, 11) is 0. The first-order chi connectivity index (χ1) is 9.28. The van der Waals surface area contributed by atoms with E-state index in [0.29, 0.717) is 6.54 Å². The SMILES string of the molecule is Cc1ccncc1CNC(C)CNC(=O)OC(C)(C)C. The van der Waals surface area contributed by atoms with Gasteiger partial charge in [0.15, 0.2) is 0 Å². The molecule has 1 amide bonds. The number of nitrogens with zero attached hydrogens (tertiary/aromatic N) is 1. The minimum absolute atomic E-state index is 0.155. The smallest absolute Gasteiger partial charge is 0.407 e. The molecule has 0 fully saturated rings. The molecule has 1 heterocycles. The predicted octanol–water partition coefficient (Wildman–Crippen LogP) is 2.39. The summed E-state index contributed by atoms with van der Waals surface area (Å²) in [6.45, 7) is 10.9. The second-order valence-corrected chi connectivity index (χ2v) is 5.97. The van der Waals surface area contributed by atoms with Crippen molar-refractivity contribution in [1.29, 1.82) is 0 Å². The number of hydrogen-bond acceptors (Lipinski definition) is 4. The Morgan fingerprint density at radius 2 is 2.15 bits per heavy atom. The molecule has 0 aromatic carbocycles. The molecule has 0 saturated heterocycles. The first kappa shape index (κ1) is 16.4. The van der Waals surface area contributed by atoms with Gasteiger partial charge in [-0.1, -0.05) is 0 Å². The normalized spacial score (nSPS) is 12.8. The lowest BCUT2D eigenvalue weighted by atomic mass is 10.1. The summed E-state index contributed by atoms with van der Waals surface area (Å²) in [6.07, 6.45) is 3.26. The number of aromatic nitrogens is 1. The Hall–Kier alpha value is -1.62. The zero-order valence-electron chi connectivity index (χ0n) is 13.0. The van der Waals surface area contributed by atoms with Gasteiger partial charge in [-0.2, -0.15) is 0 Å². The van der Waals surface area contributed by atoms with E-state index in [0.717, 1.165) is 12.1 Å². The highest BCUT2D eigenvalue weighted by Crippen LogP contribution is 2.06. The Balaban J connectivity index is 2.29. The van der Waals surface area contributed by atoms with Gasteiger partial charge in [0.2, 0.25) is 0 Å². The molecule has 0 saturated carbocycles. The first-order valence-corrected chi connectivity index (χ1v) is 6.87. The molecule has 1 aromatic heterocycles. The van der Waals surface area contributed by atoms with Crippen LogP contribution in [0, 0.1) is 6.92 Å². The Labute approximate surface area is 121 Å². The summed E-state index contributed by atoms with van der Waals surface area (Å²) >= 11 is 0. The van der Waals surface area contributed by atoms with Gasteiger partial charge in [0.25, 0.3) is 0 Å². The quantitative estimate of drug-likeness (QED) is 0.868. The van der Waals surface area contributed by atoms with Gasteiger partial charge in [-0.25, -0.2) is 4.79 Å². The van der Waals surface area contributed by atoms with Gasteiger partial charge >= 0.3 is 6.09 Å². The van der Waals surface area contributed by atoms with E-state index in [2.05, 4.69) is 22.5 Å². The fourth-order valence-corrected chi connectivity index (χ4v) is 1.59. The van der Waals surface area contributed by atoms with Crippen LogP contribution in [0.15, 0.2) is 18.5 Å². The van der Waals surface area contributed by atoms with Crippen LogP contribution in [0.4, 0.5) is 4.79 Å². The molecule has 5 nitrogen and oxygen atoms in total. The fourth-order valence-electron chi connectivity index (χ4n) is 1.59. The molecule has 5 heteroatoms. The van der Waals surface area contributed by atoms with E-state index in [9.17, 15) is 4.79 Å². The monoisotopic (exact) mass is 279 g/mol. The Kier molecular flexibility index (Phi) is 5.95. The number of nitrogens with one attached hydrogen (secondary N) is 2. The van der Waals surface area contributed by atoms with Crippen LogP contribution in [0.25, 0.3) is 0 Å². The van der Waals surface area contributed by atoms with Crippen LogP contribution in [0.2, 0.25) is 0 Å². The maximum Gasteiger partial charge on any atom is 0.407 e. The zero-order chi connectivity index (χ0) is 15.2. The number of carbonyl (C=O) groups is 1. The van der Waals surface area contributed by atoms with Gasteiger partial charge in [-0.05, 0) is 51.8 Å². The van der Waals surface area contributed by atoms with Gasteiger partial charge in [0.05, 0.1) is 0 Å². The van der Waals surface area contributed by atoms with Gasteiger partial charge in [0.1, 0.15) is 5.60 Å². The molecular formula is C15H25N3O2. The highest BCUT2D eigenvalue weighted by Gasteiger charge is 2.16. The third-order valence-electron chi connectivity index (χ3n) is 2.74. The summed E-state index contributed by atoms with van der Waals surface area (Å²) in [4.78, 5) is 15.6. The molecule has 1 aromatic rings. The number of aryl methyl sites for hydroxylation is 1. The van der Waals surface area contributed by atoms with Crippen LogP contribution in [0.3, 0.4) is 0 Å². The maximum absolute atomic E-state index is 11.5. The molecule has 2 N–H and O–H groups in total. The van der Waals surface area contributed by atoms with Gasteiger partial charge in [-0.3, -0.25) is 4.98 Å². The van der Waals surface area contributed by atoms with E-state index in [-0.39, 0.29) is 12.1 Å². The Morgan fingerprint density at radius 3 is 2.75 bits per heavy atom. The second kappa shape index (κ2) is 7.24. The summed E-state index contributed by atoms with van der Waals surface area (Å²) in [5, 5.41) is 6.10. The standard InChI is InChI=1S/C15H25N3O2/c1-11-6-7-16-9-13(11)10-17-12(2)8-18-14(19)20-15(3,4)5/h6-7,9,12,17H,8,10H2,1-5H3,(H,18,19). The highest BCUT2D eigenvalue weighted by molar-refractivity contribution is 5.67. The Morgan fingerprint density at radius 1 is 1.45 bits per heavy atom. The van der Waals surface area contributed by atoms with E-state index in [1.165, 1.54) is 5.56 Å². The molecule has 1 unspecified atom stereocenters. The van der Waals surface area contributed by atoms with E-state index in [1.54, 1.807) is 6.20 Å². The Bertz CT molecular complexity index is 441. The van der Waals surface area contributed by atoms with Crippen LogP contribution in [-0.4, -0.2) is 29.3 Å². The summed E-state index contributed by atoms with van der Waals surface area (Å²) in [5.74, 6) is 0. The molecule has 0 spiro atoms. The van der Waals surface area contributed by atoms with Crippen molar-refractivity contribution < 1.29 is 9.53 Å². The highest BCUT2D eigenvalue weighted by atomic mass is 16.6. The molecule has 0 aliphatic heterocycles. The van der Waals surface area contributed by atoms with Crippen molar-refractivity contribution in [3.8, 4) is 0 Å². The van der Waals surface area contributed by atoms with Crippen molar-refractivity contribution in [3.63, 3.8) is 0 Å². The van der Waals surface area contributed by atoms with Crippen LogP contribution in [0.1, 0.15) is 38.8 Å². The van der Waals surface area contributed by atoms with E-state index < -0.39 is 5.60 Å². The van der Waals surface area contributed by atoms with E-state index in [4.69, 9.17) is 4.74 Å². The first-order valence-electron chi connectivity index (χ1n) is 6.87. The average molecular weight is 279 g/mol. The maximum atomic E-state index is 11.5. The van der Waals surface area contributed by atoms with Gasteiger partial charge < -0.3 is 15.4 Å². The molecule has 20 heavy (non-hydrogen) atoms. The number of ether oxygens (including phenoxy) is 1. The van der Waals surface area contributed by atoms with E-state index in [1.807, 2.05) is 40.0 Å². The summed E-state index contributed by atoms with van der Waals surface area (Å²) in [5.41, 5.74) is 1.91. The molecule has 0 radical (unpaired) electrons. The second-order valence-electron chi connectivity index (χ2n) is 5.97. The number of pyridine rings is 1. The molecule has 0 aliphatic carbocycles. The zero-order valence-corrected chi connectivity index (χ0v) is 13.0. The van der Waals surface area contributed by atoms with Gasteiger partial charge in [0, 0.05) is 31.5 Å². The minimum atomic E-state index is -0.465. The van der Waals surface area contributed by atoms with Crippen molar-refractivity contribution in [2.24, 2.45) is 0 Å². The van der Waals surface area contributed by atoms with Crippen LogP contribution < -0.4 is 10.6 Å². The van der Waals surface area contributed by atoms with Crippen molar-refractivity contribution in [1.82, 2.24) is 15.6 Å². The number of hydrogen-bond donors (Lipinski definition) is 2. The van der Waals surface area contributed by atoms with Crippen molar-refractivity contribution >= 4 is 6.09 Å². The molecule has 1 atom stereocenters. The lowest BCUT2D eigenvalue weighted by molar-refractivity contribution is 0.0523.